The maximum absolute atomic E-state index is 13.0. The van der Waals surface area contributed by atoms with Crippen molar-refractivity contribution in [2.24, 2.45) is 0 Å². The molecule has 0 atom stereocenters. The molecular formula is C14H13FN4. The molecule has 0 saturated heterocycles. The highest BCUT2D eigenvalue weighted by Crippen LogP contribution is 2.05. The topological polar surface area (TPSA) is 61.6 Å². The van der Waals surface area contributed by atoms with E-state index in [9.17, 15) is 4.39 Å². The van der Waals surface area contributed by atoms with Gasteiger partial charge in [0.15, 0.2) is 0 Å². The van der Waals surface area contributed by atoms with Crippen LogP contribution in [0.3, 0.4) is 0 Å². The van der Waals surface area contributed by atoms with Crippen LogP contribution in [0.4, 0.5) is 10.3 Å². The Morgan fingerprint density at radius 2 is 2.21 bits per heavy atom. The number of nitrogens with zero attached hydrogens (tertiary/aromatic N) is 3. The van der Waals surface area contributed by atoms with Gasteiger partial charge >= 0.3 is 0 Å². The number of halogens is 1. The van der Waals surface area contributed by atoms with Crippen molar-refractivity contribution < 1.29 is 4.39 Å². The van der Waals surface area contributed by atoms with E-state index in [-0.39, 0.29) is 12.2 Å². The molecule has 1 aromatic heterocycles. The number of hydrogen-bond acceptors (Lipinski definition) is 4. The van der Waals surface area contributed by atoms with Gasteiger partial charge < -0.3 is 5.32 Å². The third-order valence-corrected chi connectivity index (χ3v) is 2.56. The molecule has 0 saturated carbocycles. The first-order chi connectivity index (χ1) is 9.28. The Kier molecular flexibility index (Phi) is 4.40. The van der Waals surface area contributed by atoms with E-state index < -0.39 is 0 Å². The average molecular weight is 256 g/mol. The number of rotatable bonds is 5. The van der Waals surface area contributed by atoms with Crippen molar-refractivity contribution in [3.63, 3.8) is 0 Å². The van der Waals surface area contributed by atoms with E-state index in [0.29, 0.717) is 24.6 Å². The number of benzene rings is 1. The summed E-state index contributed by atoms with van der Waals surface area (Å²) < 4.78 is 13.0. The average Bonchev–Trinajstić information content (AvgIpc) is 2.40. The minimum Gasteiger partial charge on any atom is -0.354 e. The molecule has 0 aliphatic rings. The van der Waals surface area contributed by atoms with Crippen LogP contribution in [0.15, 0.2) is 36.5 Å². The first-order valence-electron chi connectivity index (χ1n) is 5.95. The molecule has 0 bridgehead atoms. The highest BCUT2D eigenvalue weighted by molar-refractivity contribution is 5.27. The third-order valence-electron chi connectivity index (χ3n) is 2.56. The Labute approximate surface area is 110 Å². The summed E-state index contributed by atoms with van der Waals surface area (Å²) in [6, 6.07) is 10.2. The Bertz CT molecular complexity index is 592. The summed E-state index contributed by atoms with van der Waals surface area (Å²) in [7, 11) is 0. The lowest BCUT2D eigenvalue weighted by atomic mass is 10.1. The van der Waals surface area contributed by atoms with Crippen molar-refractivity contribution in [2.45, 2.75) is 12.8 Å². The van der Waals surface area contributed by atoms with Crippen LogP contribution in [-0.4, -0.2) is 16.5 Å². The first-order valence-corrected chi connectivity index (χ1v) is 5.95. The summed E-state index contributed by atoms with van der Waals surface area (Å²) in [4.78, 5) is 8.26. The lowest BCUT2D eigenvalue weighted by Crippen LogP contribution is -2.08. The highest BCUT2D eigenvalue weighted by Gasteiger charge is 1.99. The summed E-state index contributed by atoms with van der Waals surface area (Å²) >= 11 is 0. The smallest absolute Gasteiger partial charge is 0.222 e. The fourth-order valence-electron chi connectivity index (χ4n) is 1.67. The van der Waals surface area contributed by atoms with Crippen LogP contribution in [0.2, 0.25) is 0 Å². The molecule has 1 aromatic carbocycles. The molecule has 2 rings (SSSR count). The second kappa shape index (κ2) is 6.45. The molecule has 4 nitrogen and oxygen atoms in total. The van der Waals surface area contributed by atoms with E-state index in [4.69, 9.17) is 5.26 Å². The monoisotopic (exact) mass is 256 g/mol. The maximum Gasteiger partial charge on any atom is 0.222 e. The van der Waals surface area contributed by atoms with E-state index in [0.717, 1.165) is 5.56 Å². The van der Waals surface area contributed by atoms with Gasteiger partial charge in [0.05, 0.1) is 18.2 Å². The Morgan fingerprint density at radius 1 is 1.32 bits per heavy atom. The summed E-state index contributed by atoms with van der Waals surface area (Å²) in [6.07, 6.45) is 2.56. The van der Waals surface area contributed by atoms with Gasteiger partial charge in [-0.1, -0.05) is 12.1 Å². The molecule has 96 valence electrons. The van der Waals surface area contributed by atoms with E-state index >= 15 is 0 Å². The quantitative estimate of drug-likeness (QED) is 0.891. The Hall–Kier alpha value is -2.48. The number of aromatic nitrogens is 2. The largest absolute Gasteiger partial charge is 0.354 e. The molecule has 5 heteroatoms. The summed E-state index contributed by atoms with van der Waals surface area (Å²) in [5.74, 6) is 0.258. The van der Waals surface area contributed by atoms with Crippen LogP contribution in [0, 0.1) is 17.1 Å². The van der Waals surface area contributed by atoms with Gasteiger partial charge in [-0.2, -0.15) is 5.26 Å². The Morgan fingerprint density at radius 3 is 3.00 bits per heavy atom. The molecule has 0 aliphatic heterocycles. The van der Waals surface area contributed by atoms with Gasteiger partial charge in [0.25, 0.3) is 0 Å². The molecule has 2 aromatic rings. The highest BCUT2D eigenvalue weighted by atomic mass is 19.1. The van der Waals surface area contributed by atoms with Crippen LogP contribution in [0.1, 0.15) is 11.3 Å². The van der Waals surface area contributed by atoms with Gasteiger partial charge in [0, 0.05) is 12.7 Å². The zero-order chi connectivity index (χ0) is 13.5. The lowest BCUT2D eigenvalue weighted by molar-refractivity contribution is 0.625. The van der Waals surface area contributed by atoms with E-state index in [1.54, 1.807) is 18.3 Å². The van der Waals surface area contributed by atoms with Gasteiger partial charge in [0.2, 0.25) is 5.95 Å². The molecule has 1 N–H and O–H groups in total. The van der Waals surface area contributed by atoms with Crippen molar-refractivity contribution in [1.82, 2.24) is 9.97 Å². The summed E-state index contributed by atoms with van der Waals surface area (Å²) in [5.41, 5.74) is 1.60. The standard InChI is InChI=1S/C14H13FN4/c15-12-3-1-2-11(10-12)5-8-17-14-18-9-6-13(19-14)4-7-16/h1-3,6,9-10H,4-5,8H2,(H,17,18,19). The van der Waals surface area contributed by atoms with Crippen LogP contribution in [-0.2, 0) is 12.8 Å². The molecule has 0 spiro atoms. The minimum absolute atomic E-state index is 0.232. The molecule has 0 aliphatic carbocycles. The third kappa shape index (κ3) is 4.03. The van der Waals surface area contributed by atoms with Crippen molar-refractivity contribution in [1.29, 1.82) is 5.26 Å². The SMILES string of the molecule is N#CCc1ccnc(NCCc2cccc(F)c2)n1. The molecule has 0 radical (unpaired) electrons. The van der Waals surface area contributed by atoms with E-state index in [1.165, 1.54) is 12.1 Å². The second-order valence-corrected chi connectivity index (χ2v) is 4.01. The number of hydrogen-bond donors (Lipinski definition) is 1. The lowest BCUT2D eigenvalue weighted by Gasteiger charge is -2.05. The minimum atomic E-state index is -0.232. The zero-order valence-electron chi connectivity index (χ0n) is 10.3. The van der Waals surface area contributed by atoms with Gasteiger partial charge in [-0.25, -0.2) is 14.4 Å². The van der Waals surface area contributed by atoms with Crippen molar-refractivity contribution in [3.05, 3.63) is 53.6 Å². The number of anilines is 1. The fourth-order valence-corrected chi connectivity index (χ4v) is 1.67. The maximum atomic E-state index is 13.0. The van der Waals surface area contributed by atoms with Crippen molar-refractivity contribution >= 4 is 5.95 Å². The molecule has 0 unspecified atom stereocenters. The van der Waals surface area contributed by atoms with Gasteiger partial charge in [-0.3, -0.25) is 0 Å². The van der Waals surface area contributed by atoms with Gasteiger partial charge in [-0.15, -0.1) is 0 Å². The van der Waals surface area contributed by atoms with Crippen LogP contribution in [0.5, 0.6) is 0 Å². The molecule has 0 fully saturated rings. The Balaban J connectivity index is 1.89. The predicted molar refractivity (Wildman–Crippen MR) is 69.9 cm³/mol. The van der Waals surface area contributed by atoms with Gasteiger partial charge in [0.1, 0.15) is 5.82 Å². The fraction of sp³-hybridized carbons (Fsp3) is 0.214. The first kappa shape index (κ1) is 13.0. The van der Waals surface area contributed by atoms with Gasteiger partial charge in [-0.05, 0) is 30.2 Å². The molecular weight excluding hydrogens is 243 g/mol. The van der Waals surface area contributed by atoms with E-state index in [1.807, 2.05) is 12.1 Å². The predicted octanol–water partition coefficient (Wildman–Crippen LogP) is 2.34. The second-order valence-electron chi connectivity index (χ2n) is 4.01. The number of nitriles is 1. The van der Waals surface area contributed by atoms with Crippen molar-refractivity contribution in [3.8, 4) is 6.07 Å². The van der Waals surface area contributed by atoms with Crippen molar-refractivity contribution in [2.75, 3.05) is 11.9 Å². The number of nitrogens with one attached hydrogen (secondary N) is 1. The van der Waals surface area contributed by atoms with Crippen LogP contribution in [0.25, 0.3) is 0 Å². The molecule has 0 amide bonds. The normalized spacial score (nSPS) is 9.89. The summed E-state index contributed by atoms with van der Waals surface area (Å²) in [5, 5.41) is 11.7. The van der Waals surface area contributed by atoms with Crippen LogP contribution < -0.4 is 5.32 Å². The van der Waals surface area contributed by atoms with Crippen LogP contribution >= 0.6 is 0 Å². The summed E-state index contributed by atoms with van der Waals surface area (Å²) in [6.45, 7) is 0.611. The zero-order valence-corrected chi connectivity index (χ0v) is 10.3. The van der Waals surface area contributed by atoms with E-state index in [2.05, 4.69) is 15.3 Å². The molecule has 19 heavy (non-hydrogen) atoms. The molecule has 1 heterocycles.